The zero-order valence-electron chi connectivity index (χ0n) is 14.2. The number of H-pyrrole nitrogens is 1. The van der Waals surface area contributed by atoms with Crippen LogP contribution in [-0.4, -0.2) is 41.1 Å². The molecule has 0 saturated heterocycles. The molecule has 0 spiro atoms. The predicted molar refractivity (Wildman–Crippen MR) is 95.9 cm³/mol. The predicted octanol–water partition coefficient (Wildman–Crippen LogP) is 2.50. The fraction of sp³-hybridized carbons (Fsp3) is 0.389. The van der Waals surface area contributed by atoms with Gasteiger partial charge in [0.15, 0.2) is 0 Å². The van der Waals surface area contributed by atoms with E-state index in [1.54, 1.807) is 6.07 Å². The number of carbonyl (C=O) groups excluding carboxylic acids is 1. The normalized spacial score (nSPS) is 10.8. The van der Waals surface area contributed by atoms with E-state index >= 15 is 0 Å². The Morgan fingerprint density at radius 2 is 2.08 bits per heavy atom. The van der Waals surface area contributed by atoms with Crippen LogP contribution in [0.2, 0.25) is 0 Å². The number of aromatic nitrogens is 2. The highest BCUT2D eigenvalue weighted by Gasteiger charge is 2.06. The van der Waals surface area contributed by atoms with Gasteiger partial charge in [-0.05, 0) is 38.2 Å². The van der Waals surface area contributed by atoms with E-state index in [9.17, 15) is 9.59 Å². The van der Waals surface area contributed by atoms with Gasteiger partial charge in [0.1, 0.15) is 0 Å². The molecule has 0 aliphatic rings. The molecule has 24 heavy (non-hydrogen) atoms. The molecular formula is C18H24N4O2. The van der Waals surface area contributed by atoms with Crippen LogP contribution < -0.4 is 10.9 Å². The summed E-state index contributed by atoms with van der Waals surface area (Å²) in [5.74, 6) is -0.00933. The summed E-state index contributed by atoms with van der Waals surface area (Å²) < 4.78 is 0. The van der Waals surface area contributed by atoms with Gasteiger partial charge in [-0.2, -0.15) is 5.10 Å². The van der Waals surface area contributed by atoms with E-state index in [1.165, 1.54) is 6.07 Å². The van der Waals surface area contributed by atoms with Crippen molar-refractivity contribution in [3.8, 4) is 11.3 Å². The van der Waals surface area contributed by atoms with Crippen LogP contribution in [0.3, 0.4) is 0 Å². The highest BCUT2D eigenvalue weighted by atomic mass is 16.1. The van der Waals surface area contributed by atoms with Crippen LogP contribution in [-0.2, 0) is 4.79 Å². The molecule has 0 bridgehead atoms. The van der Waals surface area contributed by atoms with Crippen molar-refractivity contribution in [3.63, 3.8) is 0 Å². The lowest BCUT2D eigenvalue weighted by atomic mass is 10.1. The van der Waals surface area contributed by atoms with Crippen molar-refractivity contribution < 1.29 is 4.79 Å². The summed E-state index contributed by atoms with van der Waals surface area (Å²) >= 11 is 0. The van der Waals surface area contributed by atoms with Gasteiger partial charge >= 0.3 is 0 Å². The molecule has 0 unspecified atom stereocenters. The maximum Gasteiger partial charge on any atom is 0.264 e. The van der Waals surface area contributed by atoms with Crippen LogP contribution in [0.1, 0.15) is 26.2 Å². The minimum absolute atomic E-state index is 0.00933. The molecule has 128 valence electrons. The minimum Gasteiger partial charge on any atom is -0.326 e. The number of nitrogens with zero attached hydrogens (tertiary/aromatic N) is 2. The molecule has 6 nitrogen and oxygen atoms in total. The van der Waals surface area contributed by atoms with Crippen molar-refractivity contribution in [3.05, 3.63) is 46.8 Å². The number of unbranched alkanes of at least 4 members (excludes halogenated alkanes) is 1. The monoisotopic (exact) mass is 328 g/mol. The Morgan fingerprint density at radius 1 is 1.25 bits per heavy atom. The van der Waals surface area contributed by atoms with Crippen molar-refractivity contribution in [1.82, 2.24) is 15.1 Å². The van der Waals surface area contributed by atoms with Crippen molar-refractivity contribution in [2.75, 3.05) is 25.5 Å². The third kappa shape index (κ3) is 5.62. The average molecular weight is 328 g/mol. The molecule has 0 aliphatic heterocycles. The van der Waals surface area contributed by atoms with Gasteiger partial charge in [0.2, 0.25) is 5.91 Å². The second-order valence-electron chi connectivity index (χ2n) is 5.84. The number of rotatable bonds is 8. The van der Waals surface area contributed by atoms with Crippen LogP contribution in [0, 0.1) is 0 Å². The van der Waals surface area contributed by atoms with E-state index in [0.717, 1.165) is 37.2 Å². The van der Waals surface area contributed by atoms with Gasteiger partial charge < -0.3 is 10.2 Å². The Labute approximate surface area is 141 Å². The highest BCUT2D eigenvalue weighted by molar-refractivity contribution is 5.91. The maximum atomic E-state index is 12.1. The fourth-order valence-electron chi connectivity index (χ4n) is 2.32. The molecule has 2 N–H and O–H groups in total. The Bertz CT molecular complexity index is 706. The molecule has 0 radical (unpaired) electrons. The van der Waals surface area contributed by atoms with E-state index in [-0.39, 0.29) is 11.5 Å². The number of hydrogen-bond donors (Lipinski definition) is 2. The first-order valence-corrected chi connectivity index (χ1v) is 8.23. The summed E-state index contributed by atoms with van der Waals surface area (Å²) in [6.45, 7) is 3.91. The molecule has 0 saturated carbocycles. The topological polar surface area (TPSA) is 78.1 Å². The summed E-state index contributed by atoms with van der Waals surface area (Å²) in [6.07, 6.45) is 2.76. The van der Waals surface area contributed by atoms with Crippen molar-refractivity contribution in [2.24, 2.45) is 0 Å². The zero-order valence-corrected chi connectivity index (χ0v) is 14.2. The van der Waals surface area contributed by atoms with E-state index in [2.05, 4.69) is 27.3 Å². The zero-order chi connectivity index (χ0) is 17.4. The van der Waals surface area contributed by atoms with Crippen LogP contribution in [0.5, 0.6) is 0 Å². The van der Waals surface area contributed by atoms with Crippen molar-refractivity contribution >= 4 is 11.6 Å². The van der Waals surface area contributed by atoms with Gasteiger partial charge in [0.05, 0.1) is 5.69 Å². The first-order chi connectivity index (χ1) is 11.6. The first-order valence-electron chi connectivity index (χ1n) is 8.23. The molecule has 1 aromatic carbocycles. The average Bonchev–Trinajstić information content (AvgIpc) is 2.59. The van der Waals surface area contributed by atoms with E-state index in [4.69, 9.17) is 0 Å². The standard InChI is InChI=1S/C18H24N4O2/c1-3-4-11-22(2)12-10-17(23)19-15-7-5-6-14(13-15)16-8-9-18(24)21-20-16/h5-9,13H,3-4,10-12H2,1-2H3,(H,19,23)(H,21,24). The molecule has 6 heteroatoms. The van der Waals surface area contributed by atoms with Gasteiger partial charge in [-0.1, -0.05) is 25.5 Å². The number of amides is 1. The summed E-state index contributed by atoms with van der Waals surface area (Å²) in [4.78, 5) is 25.3. The smallest absolute Gasteiger partial charge is 0.264 e. The van der Waals surface area contributed by atoms with Crippen LogP contribution in [0.15, 0.2) is 41.2 Å². The van der Waals surface area contributed by atoms with Crippen molar-refractivity contribution in [2.45, 2.75) is 26.2 Å². The minimum atomic E-state index is -0.240. The van der Waals surface area contributed by atoms with Crippen LogP contribution in [0.25, 0.3) is 11.3 Å². The molecule has 0 fully saturated rings. The van der Waals surface area contributed by atoms with Crippen LogP contribution in [0.4, 0.5) is 5.69 Å². The lowest BCUT2D eigenvalue weighted by molar-refractivity contribution is -0.116. The SMILES string of the molecule is CCCCN(C)CCC(=O)Nc1cccc(-c2ccc(=O)[nH]n2)c1. The van der Waals surface area contributed by atoms with Gasteiger partial charge in [-0.15, -0.1) is 0 Å². The number of carbonyl (C=O) groups is 1. The summed E-state index contributed by atoms with van der Waals surface area (Å²) in [7, 11) is 2.03. The number of anilines is 1. The third-order valence-corrected chi connectivity index (χ3v) is 3.74. The molecule has 1 heterocycles. The molecule has 0 aliphatic carbocycles. The number of hydrogen-bond acceptors (Lipinski definition) is 4. The van der Waals surface area contributed by atoms with Crippen LogP contribution >= 0.6 is 0 Å². The first kappa shape index (κ1) is 17.9. The molecular weight excluding hydrogens is 304 g/mol. The van der Waals surface area contributed by atoms with E-state index in [0.29, 0.717) is 12.1 Å². The molecule has 0 atom stereocenters. The Morgan fingerprint density at radius 3 is 2.79 bits per heavy atom. The number of aromatic amines is 1. The number of benzene rings is 1. The second kappa shape index (κ2) is 8.98. The van der Waals surface area contributed by atoms with E-state index < -0.39 is 0 Å². The van der Waals surface area contributed by atoms with Gasteiger partial charge in [-0.25, -0.2) is 5.10 Å². The van der Waals surface area contributed by atoms with Crippen molar-refractivity contribution in [1.29, 1.82) is 0 Å². The summed E-state index contributed by atoms with van der Waals surface area (Å²) in [5.41, 5.74) is 1.98. The Balaban J connectivity index is 1.93. The lowest BCUT2D eigenvalue weighted by Gasteiger charge is -2.15. The van der Waals surface area contributed by atoms with Gasteiger partial charge in [-0.3, -0.25) is 9.59 Å². The van der Waals surface area contributed by atoms with Gasteiger partial charge in [0.25, 0.3) is 5.56 Å². The molecule has 1 aromatic heterocycles. The molecule has 2 aromatic rings. The fourth-order valence-corrected chi connectivity index (χ4v) is 2.32. The molecule has 2 rings (SSSR count). The number of nitrogens with one attached hydrogen (secondary N) is 2. The maximum absolute atomic E-state index is 12.1. The van der Waals surface area contributed by atoms with Gasteiger partial charge in [0, 0.05) is 30.3 Å². The lowest BCUT2D eigenvalue weighted by Crippen LogP contribution is -2.25. The Hall–Kier alpha value is -2.47. The third-order valence-electron chi connectivity index (χ3n) is 3.74. The quantitative estimate of drug-likeness (QED) is 0.780. The summed E-state index contributed by atoms with van der Waals surface area (Å²) in [6, 6.07) is 10.5. The Kier molecular flexibility index (Phi) is 6.69. The second-order valence-corrected chi connectivity index (χ2v) is 5.84. The largest absolute Gasteiger partial charge is 0.326 e. The highest BCUT2D eigenvalue weighted by Crippen LogP contribution is 2.19. The van der Waals surface area contributed by atoms with E-state index in [1.807, 2.05) is 31.3 Å². The molecule has 1 amide bonds. The summed E-state index contributed by atoms with van der Waals surface area (Å²) in [5, 5.41) is 9.32.